The van der Waals surface area contributed by atoms with Crippen LogP contribution >= 0.6 is 11.6 Å². The average Bonchev–Trinajstić information content (AvgIpc) is 3.20. The number of fused-ring (bicyclic) bond motifs is 1. The van der Waals surface area contributed by atoms with Crippen LogP contribution in [0.1, 0.15) is 19.3 Å². The summed E-state index contributed by atoms with van der Waals surface area (Å²) in [6.45, 7) is 0.201. The topological polar surface area (TPSA) is 110 Å². The van der Waals surface area contributed by atoms with Crippen LogP contribution in [0.2, 0.25) is 5.15 Å². The molecule has 0 spiro atoms. The Balaban J connectivity index is 1.73. The molecule has 7 nitrogen and oxygen atoms in total. The predicted molar refractivity (Wildman–Crippen MR) is 96.3 cm³/mol. The van der Waals surface area contributed by atoms with E-state index in [0.29, 0.717) is 28.8 Å². The minimum absolute atomic E-state index is 0.0993. The smallest absolute Gasteiger partial charge is 0.226 e. The van der Waals surface area contributed by atoms with Gasteiger partial charge in [0.15, 0.2) is 0 Å². The van der Waals surface area contributed by atoms with Crippen molar-refractivity contribution in [3.05, 3.63) is 29.5 Å². The molecule has 4 N–H and O–H groups in total. The minimum atomic E-state index is 0.0993. The van der Waals surface area contributed by atoms with Gasteiger partial charge in [0.25, 0.3) is 0 Å². The first kappa shape index (κ1) is 16.1. The third-order valence-corrected chi connectivity index (χ3v) is 4.84. The molecule has 0 aromatic carbocycles. The average molecular weight is 360 g/mol. The van der Waals surface area contributed by atoms with Gasteiger partial charge in [-0.05, 0) is 43.4 Å². The summed E-state index contributed by atoms with van der Waals surface area (Å²) in [5, 5.41) is 13.8. The lowest BCUT2D eigenvalue weighted by Gasteiger charge is -2.16. The molecule has 8 heteroatoms. The number of hydrogen-bond donors (Lipinski definition) is 3. The molecule has 0 radical (unpaired) electrons. The number of nitrogen functional groups attached to an aromatic ring is 1. The van der Waals surface area contributed by atoms with Crippen molar-refractivity contribution in [2.75, 3.05) is 17.7 Å². The zero-order valence-corrected chi connectivity index (χ0v) is 14.2. The van der Waals surface area contributed by atoms with E-state index in [4.69, 9.17) is 21.8 Å². The van der Waals surface area contributed by atoms with E-state index < -0.39 is 0 Å². The number of nitrogens with zero attached hydrogens (tertiary/aromatic N) is 3. The van der Waals surface area contributed by atoms with Crippen molar-refractivity contribution in [3.8, 4) is 11.3 Å². The second-order valence-corrected chi connectivity index (χ2v) is 6.67. The first-order valence-electron chi connectivity index (χ1n) is 8.19. The van der Waals surface area contributed by atoms with E-state index in [0.717, 1.165) is 24.6 Å². The number of aromatic nitrogens is 3. The fourth-order valence-corrected chi connectivity index (χ4v) is 3.60. The Labute approximate surface area is 149 Å². The van der Waals surface area contributed by atoms with Crippen molar-refractivity contribution in [2.45, 2.75) is 25.3 Å². The summed E-state index contributed by atoms with van der Waals surface area (Å²) >= 11 is 6.35. The van der Waals surface area contributed by atoms with Crippen LogP contribution in [0, 0.1) is 5.92 Å². The van der Waals surface area contributed by atoms with Gasteiger partial charge in [-0.2, -0.15) is 4.98 Å². The van der Waals surface area contributed by atoms with Gasteiger partial charge in [-0.3, -0.25) is 0 Å². The van der Waals surface area contributed by atoms with Crippen molar-refractivity contribution in [3.63, 3.8) is 0 Å². The number of nitrogens with two attached hydrogens (primary N) is 1. The van der Waals surface area contributed by atoms with E-state index in [2.05, 4.69) is 20.3 Å². The second kappa shape index (κ2) is 6.50. The third-order valence-electron chi connectivity index (χ3n) is 4.56. The zero-order chi connectivity index (χ0) is 17.4. The van der Waals surface area contributed by atoms with Crippen molar-refractivity contribution < 1.29 is 9.52 Å². The molecule has 4 rings (SSSR count). The molecule has 3 aromatic heterocycles. The third kappa shape index (κ3) is 3.12. The Morgan fingerprint density at radius 1 is 1.36 bits per heavy atom. The van der Waals surface area contributed by atoms with Crippen LogP contribution in [0.25, 0.3) is 22.4 Å². The number of aliphatic hydroxyl groups is 1. The summed E-state index contributed by atoms with van der Waals surface area (Å²) < 4.78 is 5.83. The summed E-state index contributed by atoms with van der Waals surface area (Å²) in [5.74, 6) is 1.49. The summed E-state index contributed by atoms with van der Waals surface area (Å²) in [5.41, 5.74) is 6.88. The molecule has 1 aliphatic rings. The molecule has 1 fully saturated rings. The first-order valence-corrected chi connectivity index (χ1v) is 8.57. The lowest BCUT2D eigenvalue weighted by molar-refractivity contribution is 0.229. The SMILES string of the molecule is Nc1nc(Cl)c(-c2cc3cccnc3o2)c(N[C@H]2CC[C@@H](CO)C2)n1. The predicted octanol–water partition coefficient (Wildman–Crippen LogP) is 3.09. The number of nitrogens with one attached hydrogen (secondary N) is 1. The number of anilines is 2. The molecule has 3 heterocycles. The molecule has 0 bridgehead atoms. The highest BCUT2D eigenvalue weighted by atomic mass is 35.5. The molecular formula is C17H18ClN5O2. The maximum atomic E-state index is 9.33. The Morgan fingerprint density at radius 2 is 2.24 bits per heavy atom. The standard InChI is InChI=1S/C17H18ClN5O2/c18-14-13(12-7-10-2-1-5-20-16(10)25-12)15(23-17(19)22-14)21-11-4-3-9(6-11)8-24/h1-2,5,7,9,11,24H,3-4,6,8H2,(H3,19,21,22,23)/t9-,11+/m1/s1. The Bertz CT molecular complexity index is 880. The van der Waals surface area contributed by atoms with Gasteiger partial charge < -0.3 is 20.6 Å². The highest BCUT2D eigenvalue weighted by molar-refractivity contribution is 6.32. The van der Waals surface area contributed by atoms with E-state index in [1.54, 1.807) is 6.20 Å². The maximum absolute atomic E-state index is 9.33. The summed E-state index contributed by atoms with van der Waals surface area (Å²) in [4.78, 5) is 12.6. The van der Waals surface area contributed by atoms with Crippen LogP contribution in [-0.2, 0) is 0 Å². The highest BCUT2D eigenvalue weighted by Gasteiger charge is 2.27. The van der Waals surface area contributed by atoms with Gasteiger partial charge >= 0.3 is 0 Å². The van der Waals surface area contributed by atoms with Gasteiger partial charge in [0.05, 0.1) is 5.56 Å². The molecular weight excluding hydrogens is 342 g/mol. The van der Waals surface area contributed by atoms with Gasteiger partial charge in [-0.15, -0.1) is 0 Å². The molecule has 130 valence electrons. The quantitative estimate of drug-likeness (QED) is 0.614. The Morgan fingerprint density at radius 3 is 3.00 bits per heavy atom. The summed E-state index contributed by atoms with van der Waals surface area (Å²) in [6, 6.07) is 5.82. The van der Waals surface area contributed by atoms with E-state index in [-0.39, 0.29) is 23.8 Å². The van der Waals surface area contributed by atoms with Crippen LogP contribution in [0.5, 0.6) is 0 Å². The number of aliphatic hydroxyl groups excluding tert-OH is 1. The van der Waals surface area contributed by atoms with Gasteiger partial charge in [0, 0.05) is 24.2 Å². The lowest BCUT2D eigenvalue weighted by Crippen LogP contribution is -2.18. The number of pyridine rings is 1. The van der Waals surface area contributed by atoms with Crippen molar-refractivity contribution in [2.24, 2.45) is 5.92 Å². The van der Waals surface area contributed by atoms with E-state index in [9.17, 15) is 5.11 Å². The molecule has 0 amide bonds. The van der Waals surface area contributed by atoms with Crippen molar-refractivity contribution >= 4 is 34.5 Å². The van der Waals surface area contributed by atoms with E-state index in [1.807, 2.05) is 18.2 Å². The monoisotopic (exact) mass is 359 g/mol. The Kier molecular flexibility index (Phi) is 4.19. The summed E-state index contributed by atoms with van der Waals surface area (Å²) in [7, 11) is 0. The summed E-state index contributed by atoms with van der Waals surface area (Å²) in [6.07, 6.45) is 4.48. The van der Waals surface area contributed by atoms with Crippen LogP contribution < -0.4 is 11.1 Å². The molecule has 1 aliphatic carbocycles. The van der Waals surface area contributed by atoms with Gasteiger partial charge in [-0.1, -0.05) is 11.6 Å². The molecule has 0 aliphatic heterocycles. The zero-order valence-electron chi connectivity index (χ0n) is 13.4. The maximum Gasteiger partial charge on any atom is 0.226 e. The molecule has 25 heavy (non-hydrogen) atoms. The van der Waals surface area contributed by atoms with Crippen LogP contribution in [-0.4, -0.2) is 32.7 Å². The second-order valence-electron chi connectivity index (χ2n) is 6.31. The first-order chi connectivity index (χ1) is 12.1. The minimum Gasteiger partial charge on any atom is -0.437 e. The normalized spacial score (nSPS) is 20.2. The molecule has 2 atom stereocenters. The van der Waals surface area contributed by atoms with E-state index >= 15 is 0 Å². The van der Waals surface area contributed by atoms with Crippen molar-refractivity contribution in [1.82, 2.24) is 15.0 Å². The molecule has 1 saturated carbocycles. The molecule has 0 unspecified atom stereocenters. The fourth-order valence-electron chi connectivity index (χ4n) is 3.33. The number of furan rings is 1. The van der Waals surface area contributed by atoms with E-state index in [1.165, 1.54) is 0 Å². The number of halogens is 1. The van der Waals surface area contributed by atoms with Crippen LogP contribution in [0.3, 0.4) is 0 Å². The lowest BCUT2D eigenvalue weighted by atomic mass is 10.1. The Hall–Kier alpha value is -2.38. The van der Waals surface area contributed by atoms with Crippen molar-refractivity contribution in [1.29, 1.82) is 0 Å². The molecule has 3 aromatic rings. The fraction of sp³-hybridized carbons (Fsp3) is 0.353. The number of hydrogen-bond acceptors (Lipinski definition) is 7. The largest absolute Gasteiger partial charge is 0.437 e. The molecule has 0 saturated heterocycles. The van der Waals surface area contributed by atoms with Crippen LogP contribution in [0.15, 0.2) is 28.8 Å². The number of rotatable bonds is 4. The van der Waals surface area contributed by atoms with Crippen LogP contribution in [0.4, 0.5) is 11.8 Å². The highest BCUT2D eigenvalue weighted by Crippen LogP contribution is 2.38. The van der Waals surface area contributed by atoms with Gasteiger partial charge in [0.1, 0.15) is 16.7 Å². The van der Waals surface area contributed by atoms with Gasteiger partial charge in [0.2, 0.25) is 11.7 Å². The van der Waals surface area contributed by atoms with Gasteiger partial charge in [-0.25, -0.2) is 9.97 Å².